The third kappa shape index (κ3) is 2.69. The lowest BCUT2D eigenvalue weighted by molar-refractivity contribution is 0.237. The largest absolute Gasteiger partial charge is 0.335 e. The van der Waals surface area contributed by atoms with Crippen molar-refractivity contribution in [2.75, 3.05) is 0 Å². The molecule has 1 aliphatic carbocycles. The summed E-state index contributed by atoms with van der Waals surface area (Å²) in [5.74, 6) is 1.05. The number of nitrogens with one attached hydrogen (secondary N) is 2. The molecule has 1 fully saturated rings. The molecule has 0 spiro atoms. The highest BCUT2D eigenvalue weighted by Gasteiger charge is 2.28. The van der Waals surface area contributed by atoms with Gasteiger partial charge in [0.25, 0.3) is 0 Å². The van der Waals surface area contributed by atoms with E-state index in [1.807, 2.05) is 0 Å². The molecule has 0 radical (unpaired) electrons. The van der Waals surface area contributed by atoms with E-state index in [0.29, 0.717) is 11.7 Å². The van der Waals surface area contributed by atoms with Gasteiger partial charge in [-0.15, -0.1) is 0 Å². The molecule has 0 aromatic carbocycles. The van der Waals surface area contributed by atoms with Crippen LogP contribution < -0.4 is 10.6 Å². The van der Waals surface area contributed by atoms with Gasteiger partial charge in [0.15, 0.2) is 11.9 Å². The van der Waals surface area contributed by atoms with Gasteiger partial charge in [-0.2, -0.15) is 0 Å². The average molecular weight is 260 g/mol. The summed E-state index contributed by atoms with van der Waals surface area (Å²) in [7, 11) is 0. The molecule has 1 unspecified atom stereocenters. The molecule has 1 atom stereocenters. The summed E-state index contributed by atoms with van der Waals surface area (Å²) in [6.45, 7) is 0. The van der Waals surface area contributed by atoms with E-state index >= 15 is 0 Å². The summed E-state index contributed by atoms with van der Waals surface area (Å²) in [6, 6.07) is -0.309. The minimum Gasteiger partial charge on any atom is -0.335 e. The fourth-order valence-electron chi connectivity index (χ4n) is 2.50. The van der Waals surface area contributed by atoms with E-state index < -0.39 is 0 Å². The van der Waals surface area contributed by atoms with Crippen molar-refractivity contribution in [3.63, 3.8) is 0 Å². The predicted molar refractivity (Wildman–Crippen MR) is 74.2 cm³/mol. The number of fused-ring (bicyclic) bond motifs is 1. The first-order valence-corrected chi connectivity index (χ1v) is 6.60. The summed E-state index contributed by atoms with van der Waals surface area (Å²) in [5, 5.41) is 5.73. The molecule has 2 aliphatic heterocycles. The van der Waals surface area contributed by atoms with Crippen LogP contribution in [0.4, 0.5) is 4.79 Å². The first kappa shape index (κ1) is 12.0. The summed E-state index contributed by atoms with van der Waals surface area (Å²) < 4.78 is 0. The standard InChI is InChI=1S/C12H16N6O/c19-12(17-8-4-2-1-3-5-8)18-11-9-10(14-6-13-9)15-7-16-11/h6-9H,1-5H2,(H2,13,14,15,16,17,18,19). The highest BCUT2D eigenvalue weighted by molar-refractivity contribution is 6.22. The third-order valence-corrected chi connectivity index (χ3v) is 3.48. The van der Waals surface area contributed by atoms with Crippen molar-refractivity contribution < 1.29 is 4.79 Å². The second-order valence-corrected chi connectivity index (χ2v) is 4.85. The summed E-state index contributed by atoms with van der Waals surface area (Å²) in [6.07, 6.45) is 8.56. The fraction of sp³-hybridized carbons (Fsp3) is 0.583. The van der Waals surface area contributed by atoms with Crippen LogP contribution in [0.5, 0.6) is 0 Å². The topological polar surface area (TPSA) is 90.6 Å². The maximum atomic E-state index is 11.9. The van der Waals surface area contributed by atoms with Crippen LogP contribution in [0.15, 0.2) is 20.0 Å². The van der Waals surface area contributed by atoms with Crippen molar-refractivity contribution in [3.8, 4) is 0 Å². The predicted octanol–water partition coefficient (Wildman–Crippen LogP) is 0.868. The van der Waals surface area contributed by atoms with Crippen LogP contribution in [-0.2, 0) is 0 Å². The number of hydrogen-bond acceptors (Lipinski definition) is 5. The van der Waals surface area contributed by atoms with Crippen LogP contribution in [0.25, 0.3) is 0 Å². The number of amides is 2. The van der Waals surface area contributed by atoms with E-state index in [4.69, 9.17) is 0 Å². The number of urea groups is 1. The first-order chi connectivity index (χ1) is 9.33. The first-order valence-electron chi connectivity index (χ1n) is 6.60. The number of rotatable bonds is 1. The molecule has 7 heteroatoms. The zero-order chi connectivity index (χ0) is 13.1. The normalized spacial score (nSPS) is 25.6. The van der Waals surface area contributed by atoms with E-state index in [2.05, 4.69) is 30.6 Å². The molecule has 1 saturated carbocycles. The van der Waals surface area contributed by atoms with Crippen molar-refractivity contribution in [2.24, 2.45) is 20.0 Å². The van der Waals surface area contributed by atoms with E-state index in [1.54, 1.807) is 0 Å². The number of nitrogens with zero attached hydrogens (tertiary/aromatic N) is 4. The maximum Gasteiger partial charge on any atom is 0.320 e. The van der Waals surface area contributed by atoms with Crippen molar-refractivity contribution >= 4 is 30.4 Å². The minimum absolute atomic E-state index is 0.220. The molecule has 0 aromatic rings. The van der Waals surface area contributed by atoms with Crippen LogP contribution in [-0.4, -0.2) is 42.5 Å². The molecule has 2 N–H and O–H groups in total. The van der Waals surface area contributed by atoms with E-state index in [-0.39, 0.29) is 18.1 Å². The molecule has 2 heterocycles. The number of hydrogen-bond donors (Lipinski definition) is 2. The quantitative estimate of drug-likeness (QED) is 0.719. The lowest BCUT2D eigenvalue weighted by atomic mass is 9.96. The summed E-state index contributed by atoms with van der Waals surface area (Å²) >= 11 is 0. The molecule has 0 bridgehead atoms. The Bertz CT molecular complexity index is 486. The number of carbonyl (C=O) groups excluding carboxylic acids is 1. The second-order valence-electron chi connectivity index (χ2n) is 4.85. The Balaban J connectivity index is 1.57. The van der Waals surface area contributed by atoms with E-state index in [9.17, 15) is 4.79 Å². The second kappa shape index (κ2) is 5.29. The minimum atomic E-state index is -0.359. The Morgan fingerprint density at radius 1 is 1.16 bits per heavy atom. The fourth-order valence-corrected chi connectivity index (χ4v) is 2.50. The number of carbonyl (C=O) groups is 1. The molecule has 100 valence electrons. The number of aliphatic imine (C=N–C) groups is 4. The molecule has 3 rings (SSSR count). The molecule has 3 aliphatic rings. The SMILES string of the molecule is O=C(NC1=NC=NC2=NC=NC21)NC1CCCCC1. The van der Waals surface area contributed by atoms with Crippen molar-refractivity contribution in [3.05, 3.63) is 0 Å². The van der Waals surface area contributed by atoms with Crippen molar-refractivity contribution in [1.29, 1.82) is 0 Å². The van der Waals surface area contributed by atoms with E-state index in [1.165, 1.54) is 31.9 Å². The molecule has 19 heavy (non-hydrogen) atoms. The van der Waals surface area contributed by atoms with E-state index in [0.717, 1.165) is 12.8 Å². The molecular weight excluding hydrogens is 244 g/mol. The van der Waals surface area contributed by atoms with Gasteiger partial charge in [-0.3, -0.25) is 10.3 Å². The summed E-state index contributed by atoms with van der Waals surface area (Å²) in [5.41, 5.74) is 0. The molecule has 7 nitrogen and oxygen atoms in total. The Morgan fingerprint density at radius 2 is 2.00 bits per heavy atom. The van der Waals surface area contributed by atoms with Gasteiger partial charge in [-0.25, -0.2) is 19.8 Å². The molecule has 2 amide bonds. The molecular formula is C12H16N6O. The smallest absolute Gasteiger partial charge is 0.320 e. The van der Waals surface area contributed by atoms with Crippen LogP contribution in [0.2, 0.25) is 0 Å². The van der Waals surface area contributed by atoms with Crippen LogP contribution in [0.3, 0.4) is 0 Å². The van der Waals surface area contributed by atoms with Gasteiger partial charge in [-0.05, 0) is 12.8 Å². The van der Waals surface area contributed by atoms with Gasteiger partial charge >= 0.3 is 6.03 Å². The van der Waals surface area contributed by atoms with Gasteiger partial charge < -0.3 is 5.32 Å². The average Bonchev–Trinajstić information content (AvgIpc) is 2.89. The van der Waals surface area contributed by atoms with Gasteiger partial charge in [-0.1, -0.05) is 19.3 Å². The Hall–Kier alpha value is -2.05. The van der Waals surface area contributed by atoms with Gasteiger partial charge in [0.1, 0.15) is 18.5 Å². The molecule has 0 aromatic heterocycles. The van der Waals surface area contributed by atoms with Gasteiger partial charge in [0, 0.05) is 6.04 Å². The van der Waals surface area contributed by atoms with Crippen molar-refractivity contribution in [1.82, 2.24) is 10.6 Å². The lowest BCUT2D eigenvalue weighted by Crippen LogP contribution is -2.49. The monoisotopic (exact) mass is 260 g/mol. The Kier molecular flexibility index (Phi) is 3.35. The maximum absolute atomic E-state index is 11.9. The van der Waals surface area contributed by atoms with Crippen LogP contribution >= 0.6 is 0 Å². The van der Waals surface area contributed by atoms with Crippen LogP contribution in [0, 0.1) is 0 Å². The zero-order valence-corrected chi connectivity index (χ0v) is 10.5. The van der Waals surface area contributed by atoms with Crippen LogP contribution in [0.1, 0.15) is 32.1 Å². The highest BCUT2D eigenvalue weighted by Crippen LogP contribution is 2.17. The summed E-state index contributed by atoms with van der Waals surface area (Å²) in [4.78, 5) is 28.1. The molecule has 0 saturated heterocycles. The number of amidine groups is 2. The third-order valence-electron chi connectivity index (χ3n) is 3.48. The highest BCUT2D eigenvalue weighted by atomic mass is 16.2. The van der Waals surface area contributed by atoms with Crippen molar-refractivity contribution in [2.45, 2.75) is 44.2 Å². The Labute approximate surface area is 111 Å². The Morgan fingerprint density at radius 3 is 2.84 bits per heavy atom. The lowest BCUT2D eigenvalue weighted by Gasteiger charge is -2.23. The van der Waals surface area contributed by atoms with Gasteiger partial charge in [0.05, 0.1) is 0 Å². The van der Waals surface area contributed by atoms with Gasteiger partial charge in [0.2, 0.25) is 0 Å². The zero-order valence-electron chi connectivity index (χ0n) is 10.5.